The Morgan fingerprint density at radius 3 is 2.82 bits per heavy atom. The first-order chi connectivity index (χ1) is 10.7. The molecule has 2 aromatic rings. The first kappa shape index (κ1) is 14.8. The smallest absolute Gasteiger partial charge is 0.220 e. The molecule has 1 aliphatic carbocycles. The molecule has 3 rings (SSSR count). The molecule has 116 valence electrons. The molecule has 0 spiro atoms. The average molecular weight is 298 g/mol. The molecule has 1 N–H and O–H groups in total. The highest BCUT2D eigenvalue weighted by Crippen LogP contribution is 2.37. The van der Waals surface area contributed by atoms with Crippen molar-refractivity contribution in [2.24, 2.45) is 7.05 Å². The van der Waals surface area contributed by atoms with Crippen molar-refractivity contribution in [2.75, 3.05) is 0 Å². The van der Waals surface area contributed by atoms with Crippen LogP contribution in [0.5, 0.6) is 0 Å². The maximum atomic E-state index is 12.0. The number of rotatable bonds is 6. The number of amides is 1. The topological polar surface area (TPSA) is 59.8 Å². The molecule has 5 nitrogen and oxygen atoms in total. The van der Waals surface area contributed by atoms with Gasteiger partial charge in [0.25, 0.3) is 0 Å². The van der Waals surface area contributed by atoms with E-state index in [4.69, 9.17) is 0 Å². The van der Waals surface area contributed by atoms with Gasteiger partial charge in [0.2, 0.25) is 5.91 Å². The number of hydrogen-bond donors (Lipinski definition) is 1. The summed E-state index contributed by atoms with van der Waals surface area (Å²) in [6.07, 6.45) is 10.5. The predicted octanol–water partition coefficient (Wildman–Crippen LogP) is 2.33. The van der Waals surface area contributed by atoms with Crippen LogP contribution in [0.3, 0.4) is 0 Å². The highest BCUT2D eigenvalue weighted by atomic mass is 16.1. The van der Waals surface area contributed by atoms with Crippen molar-refractivity contribution in [3.8, 4) is 0 Å². The lowest BCUT2D eigenvalue weighted by atomic mass is 9.80. The van der Waals surface area contributed by atoms with Crippen LogP contribution in [0.1, 0.15) is 48.4 Å². The molecule has 1 saturated carbocycles. The quantitative estimate of drug-likeness (QED) is 0.890. The second-order valence-electron chi connectivity index (χ2n) is 5.93. The van der Waals surface area contributed by atoms with Crippen LogP contribution < -0.4 is 5.32 Å². The lowest BCUT2D eigenvalue weighted by molar-refractivity contribution is -0.121. The van der Waals surface area contributed by atoms with Gasteiger partial charge >= 0.3 is 0 Å². The standard InChI is InChI=1S/C17H22N4O/c1-21-16(15(11-20-21)14-3-2-4-14)12-19-17(22)6-5-13-7-9-18-10-8-13/h7-11,14H,2-6,12H2,1H3,(H,19,22). The Labute approximate surface area is 130 Å². The van der Waals surface area contributed by atoms with E-state index >= 15 is 0 Å². The molecule has 0 unspecified atom stereocenters. The molecule has 5 heteroatoms. The molecule has 2 heterocycles. The molecule has 0 radical (unpaired) electrons. The van der Waals surface area contributed by atoms with Gasteiger partial charge in [-0.15, -0.1) is 0 Å². The van der Waals surface area contributed by atoms with Crippen LogP contribution in [0, 0.1) is 0 Å². The predicted molar refractivity (Wildman–Crippen MR) is 84.2 cm³/mol. The molecule has 0 atom stereocenters. The fourth-order valence-electron chi connectivity index (χ4n) is 2.83. The van der Waals surface area contributed by atoms with Gasteiger partial charge in [0.1, 0.15) is 0 Å². The van der Waals surface area contributed by atoms with Crippen LogP contribution in [0.4, 0.5) is 0 Å². The molecule has 0 aliphatic heterocycles. The Kier molecular flexibility index (Phi) is 4.51. The zero-order chi connectivity index (χ0) is 15.4. The Morgan fingerprint density at radius 2 is 2.14 bits per heavy atom. The van der Waals surface area contributed by atoms with Crippen LogP contribution >= 0.6 is 0 Å². The van der Waals surface area contributed by atoms with E-state index in [0.29, 0.717) is 18.9 Å². The van der Waals surface area contributed by atoms with E-state index in [1.807, 2.05) is 30.1 Å². The average Bonchev–Trinajstić information content (AvgIpc) is 2.83. The van der Waals surface area contributed by atoms with Gasteiger partial charge in [-0.05, 0) is 48.4 Å². The molecule has 1 amide bonds. The van der Waals surface area contributed by atoms with Crippen LogP contribution in [-0.2, 0) is 24.8 Å². The Hall–Kier alpha value is -2.17. The Balaban J connectivity index is 1.52. The molecule has 1 fully saturated rings. The van der Waals surface area contributed by atoms with Crippen LogP contribution in [0.2, 0.25) is 0 Å². The number of aryl methyl sites for hydroxylation is 2. The SMILES string of the molecule is Cn1ncc(C2CCC2)c1CNC(=O)CCc1ccncc1. The van der Waals surface area contributed by atoms with Crippen molar-refractivity contribution in [1.82, 2.24) is 20.1 Å². The van der Waals surface area contributed by atoms with Crippen molar-refractivity contribution in [3.05, 3.63) is 47.5 Å². The third kappa shape index (κ3) is 3.35. The van der Waals surface area contributed by atoms with Crippen LogP contribution in [0.15, 0.2) is 30.7 Å². The molecule has 2 aromatic heterocycles. The molecular weight excluding hydrogens is 276 g/mol. The summed E-state index contributed by atoms with van der Waals surface area (Å²) < 4.78 is 1.89. The monoisotopic (exact) mass is 298 g/mol. The van der Waals surface area contributed by atoms with Crippen molar-refractivity contribution in [3.63, 3.8) is 0 Å². The number of carbonyl (C=O) groups is 1. The van der Waals surface area contributed by atoms with Crippen molar-refractivity contribution in [2.45, 2.75) is 44.6 Å². The molecule has 1 aliphatic rings. The molecule has 22 heavy (non-hydrogen) atoms. The minimum atomic E-state index is 0.0811. The normalized spacial score (nSPS) is 14.6. The summed E-state index contributed by atoms with van der Waals surface area (Å²) in [6, 6.07) is 3.90. The Bertz CT molecular complexity index is 631. The highest BCUT2D eigenvalue weighted by Gasteiger charge is 2.24. The first-order valence-corrected chi connectivity index (χ1v) is 7.90. The summed E-state index contributed by atoms with van der Waals surface area (Å²) in [5, 5.41) is 7.37. The van der Waals surface area contributed by atoms with Gasteiger partial charge in [-0.25, -0.2) is 0 Å². The fourth-order valence-corrected chi connectivity index (χ4v) is 2.83. The number of nitrogens with one attached hydrogen (secondary N) is 1. The van der Waals surface area contributed by atoms with E-state index in [2.05, 4.69) is 15.4 Å². The van der Waals surface area contributed by atoms with E-state index in [0.717, 1.165) is 17.7 Å². The van der Waals surface area contributed by atoms with Crippen molar-refractivity contribution < 1.29 is 4.79 Å². The minimum absolute atomic E-state index is 0.0811. The van der Waals surface area contributed by atoms with Crippen molar-refractivity contribution >= 4 is 5.91 Å². The van der Waals surface area contributed by atoms with Gasteiger partial charge in [-0.1, -0.05) is 6.42 Å². The third-order valence-electron chi connectivity index (χ3n) is 4.48. The minimum Gasteiger partial charge on any atom is -0.350 e. The molecule has 0 aromatic carbocycles. The van der Waals surface area contributed by atoms with E-state index in [1.54, 1.807) is 12.4 Å². The summed E-state index contributed by atoms with van der Waals surface area (Å²) >= 11 is 0. The maximum Gasteiger partial charge on any atom is 0.220 e. The van der Waals surface area contributed by atoms with Crippen LogP contribution in [-0.4, -0.2) is 20.7 Å². The summed E-state index contributed by atoms with van der Waals surface area (Å²) in [5.74, 6) is 0.718. The second kappa shape index (κ2) is 6.73. The zero-order valence-electron chi connectivity index (χ0n) is 13.0. The zero-order valence-corrected chi connectivity index (χ0v) is 13.0. The molecule has 0 bridgehead atoms. The number of hydrogen-bond acceptors (Lipinski definition) is 3. The summed E-state index contributed by atoms with van der Waals surface area (Å²) in [4.78, 5) is 16.0. The maximum absolute atomic E-state index is 12.0. The van der Waals surface area contributed by atoms with E-state index in [1.165, 1.54) is 24.8 Å². The lowest BCUT2D eigenvalue weighted by Crippen LogP contribution is -2.25. The van der Waals surface area contributed by atoms with E-state index in [9.17, 15) is 4.79 Å². The summed E-state index contributed by atoms with van der Waals surface area (Å²) in [7, 11) is 1.95. The molecule has 0 saturated heterocycles. The van der Waals surface area contributed by atoms with Gasteiger partial charge in [-0.3, -0.25) is 14.5 Å². The number of carbonyl (C=O) groups excluding carboxylic acids is 1. The van der Waals surface area contributed by atoms with E-state index in [-0.39, 0.29) is 5.91 Å². The summed E-state index contributed by atoms with van der Waals surface area (Å²) in [6.45, 7) is 0.567. The lowest BCUT2D eigenvalue weighted by Gasteiger charge is -2.25. The third-order valence-corrected chi connectivity index (χ3v) is 4.48. The first-order valence-electron chi connectivity index (χ1n) is 7.90. The number of nitrogens with zero attached hydrogens (tertiary/aromatic N) is 3. The van der Waals surface area contributed by atoms with Gasteiger partial charge in [-0.2, -0.15) is 5.10 Å². The Morgan fingerprint density at radius 1 is 1.36 bits per heavy atom. The molecular formula is C17H22N4O. The van der Waals surface area contributed by atoms with Gasteiger partial charge in [0.15, 0.2) is 0 Å². The number of pyridine rings is 1. The second-order valence-corrected chi connectivity index (χ2v) is 5.93. The van der Waals surface area contributed by atoms with Gasteiger partial charge in [0, 0.05) is 25.9 Å². The largest absolute Gasteiger partial charge is 0.350 e. The van der Waals surface area contributed by atoms with Crippen molar-refractivity contribution in [1.29, 1.82) is 0 Å². The van der Waals surface area contributed by atoms with E-state index < -0.39 is 0 Å². The highest BCUT2D eigenvalue weighted by molar-refractivity contribution is 5.76. The van der Waals surface area contributed by atoms with Gasteiger partial charge < -0.3 is 5.32 Å². The summed E-state index contributed by atoms with van der Waals surface area (Å²) in [5.41, 5.74) is 3.59. The fraction of sp³-hybridized carbons (Fsp3) is 0.471. The van der Waals surface area contributed by atoms with Crippen LogP contribution in [0.25, 0.3) is 0 Å². The number of aromatic nitrogens is 3. The van der Waals surface area contributed by atoms with Gasteiger partial charge in [0.05, 0.1) is 18.4 Å².